The molecule has 1 aromatic rings. The number of ether oxygens (including phenoxy) is 3. The summed E-state index contributed by atoms with van der Waals surface area (Å²) < 4.78 is 37.9. The number of halogens is 1. The molecule has 0 aliphatic carbocycles. The highest BCUT2D eigenvalue weighted by molar-refractivity contribution is 8.13. The third kappa shape index (κ3) is 5.78. The average molecular weight is 309 g/mol. The van der Waals surface area contributed by atoms with Crippen molar-refractivity contribution in [1.82, 2.24) is 0 Å². The minimum absolute atomic E-state index is 0.0651. The second-order valence-electron chi connectivity index (χ2n) is 3.82. The highest BCUT2D eigenvalue weighted by atomic mass is 35.7. The van der Waals surface area contributed by atoms with E-state index >= 15 is 0 Å². The van der Waals surface area contributed by atoms with Crippen LogP contribution in [0.25, 0.3) is 0 Å². The van der Waals surface area contributed by atoms with Gasteiger partial charge in [-0.15, -0.1) is 0 Å². The van der Waals surface area contributed by atoms with Crippen molar-refractivity contribution in [3.8, 4) is 5.75 Å². The monoisotopic (exact) mass is 308 g/mol. The number of hydrogen-bond donors (Lipinski definition) is 0. The van der Waals surface area contributed by atoms with Crippen molar-refractivity contribution in [3.05, 3.63) is 23.8 Å². The Kier molecular flexibility index (Phi) is 6.57. The Balaban J connectivity index is 2.47. The Morgan fingerprint density at radius 1 is 1.16 bits per heavy atom. The first-order valence-corrected chi connectivity index (χ1v) is 8.01. The summed E-state index contributed by atoms with van der Waals surface area (Å²) in [4.78, 5) is 0.0651. The molecule has 0 N–H and O–H groups in total. The van der Waals surface area contributed by atoms with E-state index in [2.05, 4.69) is 0 Å². The van der Waals surface area contributed by atoms with Crippen molar-refractivity contribution in [2.45, 2.75) is 11.8 Å². The van der Waals surface area contributed by atoms with Crippen molar-refractivity contribution in [2.75, 3.05) is 33.5 Å². The van der Waals surface area contributed by atoms with Crippen LogP contribution in [0.2, 0.25) is 0 Å². The van der Waals surface area contributed by atoms with Crippen molar-refractivity contribution in [1.29, 1.82) is 0 Å². The lowest BCUT2D eigenvalue weighted by atomic mass is 10.2. The van der Waals surface area contributed by atoms with Crippen LogP contribution in [0.1, 0.15) is 5.56 Å². The maximum Gasteiger partial charge on any atom is 0.261 e. The van der Waals surface area contributed by atoms with E-state index in [1.165, 1.54) is 12.1 Å². The normalized spacial score (nSPS) is 11.5. The van der Waals surface area contributed by atoms with Gasteiger partial charge in [-0.1, -0.05) is 0 Å². The van der Waals surface area contributed by atoms with Crippen molar-refractivity contribution >= 4 is 19.7 Å². The summed E-state index contributed by atoms with van der Waals surface area (Å²) in [5.41, 5.74) is 0.707. The van der Waals surface area contributed by atoms with Gasteiger partial charge in [0.1, 0.15) is 12.4 Å². The van der Waals surface area contributed by atoms with Crippen LogP contribution in [0.3, 0.4) is 0 Å². The van der Waals surface area contributed by atoms with Crippen molar-refractivity contribution in [2.24, 2.45) is 0 Å². The lowest BCUT2D eigenvalue weighted by Crippen LogP contribution is -2.10. The molecule has 19 heavy (non-hydrogen) atoms. The van der Waals surface area contributed by atoms with Crippen LogP contribution in [0.15, 0.2) is 23.1 Å². The second-order valence-corrected chi connectivity index (χ2v) is 6.38. The summed E-state index contributed by atoms with van der Waals surface area (Å²) >= 11 is 0. The number of methoxy groups -OCH3 is 1. The van der Waals surface area contributed by atoms with Gasteiger partial charge in [-0.05, 0) is 30.7 Å². The topological polar surface area (TPSA) is 61.8 Å². The molecule has 5 nitrogen and oxygen atoms in total. The zero-order valence-electron chi connectivity index (χ0n) is 10.9. The Hall–Kier alpha value is -0.820. The van der Waals surface area contributed by atoms with Gasteiger partial charge < -0.3 is 14.2 Å². The van der Waals surface area contributed by atoms with Gasteiger partial charge >= 0.3 is 0 Å². The van der Waals surface area contributed by atoms with Gasteiger partial charge in [0.05, 0.1) is 24.7 Å². The molecule has 0 saturated heterocycles. The molecule has 0 saturated carbocycles. The molecule has 0 aromatic heterocycles. The molecule has 0 aliphatic heterocycles. The van der Waals surface area contributed by atoms with Gasteiger partial charge in [0, 0.05) is 17.8 Å². The average Bonchev–Trinajstić information content (AvgIpc) is 2.34. The molecule has 1 rings (SSSR count). The Morgan fingerprint density at radius 2 is 1.84 bits per heavy atom. The van der Waals surface area contributed by atoms with Crippen LogP contribution in [0.5, 0.6) is 5.75 Å². The van der Waals surface area contributed by atoms with E-state index in [-0.39, 0.29) is 4.90 Å². The van der Waals surface area contributed by atoms with E-state index in [9.17, 15) is 8.42 Å². The molecule has 0 unspecified atom stereocenters. The minimum atomic E-state index is -3.70. The fraction of sp³-hybridized carbons (Fsp3) is 0.500. The molecule has 0 aliphatic rings. The second kappa shape index (κ2) is 7.69. The molecule has 108 valence electrons. The van der Waals surface area contributed by atoms with E-state index in [0.29, 0.717) is 37.7 Å². The smallest absolute Gasteiger partial charge is 0.261 e. The Morgan fingerprint density at radius 3 is 2.42 bits per heavy atom. The maximum atomic E-state index is 11.1. The molecular weight excluding hydrogens is 292 g/mol. The predicted molar refractivity (Wildman–Crippen MR) is 72.4 cm³/mol. The quantitative estimate of drug-likeness (QED) is 0.543. The molecule has 0 bridgehead atoms. The van der Waals surface area contributed by atoms with Crippen LogP contribution >= 0.6 is 10.7 Å². The maximum absolute atomic E-state index is 11.1. The van der Waals surface area contributed by atoms with E-state index < -0.39 is 9.05 Å². The van der Waals surface area contributed by atoms with Gasteiger partial charge in [-0.2, -0.15) is 0 Å². The van der Waals surface area contributed by atoms with Gasteiger partial charge in [0.15, 0.2) is 0 Å². The van der Waals surface area contributed by atoms with E-state index in [4.69, 9.17) is 24.9 Å². The minimum Gasteiger partial charge on any atom is -0.491 e. The molecule has 7 heteroatoms. The van der Waals surface area contributed by atoms with Crippen LogP contribution in [0.4, 0.5) is 0 Å². The zero-order chi connectivity index (χ0) is 14.3. The van der Waals surface area contributed by atoms with Crippen LogP contribution in [0, 0.1) is 6.92 Å². The zero-order valence-corrected chi connectivity index (χ0v) is 12.5. The molecule has 0 fully saturated rings. The van der Waals surface area contributed by atoms with Crippen LogP contribution in [-0.4, -0.2) is 42.0 Å². The first-order chi connectivity index (χ1) is 8.95. The molecule has 0 amide bonds. The van der Waals surface area contributed by atoms with Gasteiger partial charge in [-0.25, -0.2) is 8.42 Å². The number of benzene rings is 1. The van der Waals surface area contributed by atoms with Gasteiger partial charge in [-0.3, -0.25) is 0 Å². The predicted octanol–water partition coefficient (Wildman–Crippen LogP) is 1.96. The highest BCUT2D eigenvalue weighted by Gasteiger charge is 2.11. The van der Waals surface area contributed by atoms with E-state index in [1.807, 2.05) is 0 Å². The van der Waals surface area contributed by atoms with Gasteiger partial charge in [0.25, 0.3) is 9.05 Å². The number of hydrogen-bond acceptors (Lipinski definition) is 5. The lowest BCUT2D eigenvalue weighted by molar-refractivity contribution is 0.0543. The summed E-state index contributed by atoms with van der Waals surface area (Å²) in [6.07, 6.45) is 0. The van der Waals surface area contributed by atoms with Crippen LogP contribution < -0.4 is 4.74 Å². The molecule has 1 aromatic carbocycles. The fourth-order valence-electron chi connectivity index (χ4n) is 1.39. The third-order valence-electron chi connectivity index (χ3n) is 2.34. The summed E-state index contributed by atoms with van der Waals surface area (Å²) in [5.74, 6) is 0.611. The highest BCUT2D eigenvalue weighted by Crippen LogP contribution is 2.23. The first-order valence-electron chi connectivity index (χ1n) is 5.70. The first kappa shape index (κ1) is 16.2. The summed E-state index contributed by atoms with van der Waals surface area (Å²) in [7, 11) is 3.17. The third-order valence-corrected chi connectivity index (χ3v) is 3.70. The number of rotatable bonds is 8. The fourth-order valence-corrected chi connectivity index (χ4v) is 2.23. The molecule has 0 atom stereocenters. The molecule has 0 spiro atoms. The van der Waals surface area contributed by atoms with Crippen molar-refractivity contribution in [3.63, 3.8) is 0 Å². The molecule has 0 radical (unpaired) electrons. The van der Waals surface area contributed by atoms with E-state index in [0.717, 1.165) is 0 Å². The van der Waals surface area contributed by atoms with E-state index in [1.54, 1.807) is 20.1 Å². The molecular formula is C12H17ClO5S. The largest absolute Gasteiger partial charge is 0.491 e. The van der Waals surface area contributed by atoms with Gasteiger partial charge in [0.2, 0.25) is 0 Å². The Labute approximate surface area is 117 Å². The SMILES string of the molecule is COCCOCCOc1ccc(S(=O)(=O)Cl)cc1C. The standard InChI is InChI=1S/C12H17ClO5S/c1-10-9-11(19(13,14)15)3-4-12(10)18-8-7-17-6-5-16-2/h3-4,9H,5-8H2,1-2H3. The Bertz CT molecular complexity index is 501. The lowest BCUT2D eigenvalue weighted by Gasteiger charge is -2.10. The summed E-state index contributed by atoms with van der Waals surface area (Å²) in [5, 5.41) is 0. The molecule has 0 heterocycles. The van der Waals surface area contributed by atoms with Crippen molar-refractivity contribution < 1.29 is 22.6 Å². The number of aryl methyl sites for hydroxylation is 1. The summed E-state index contributed by atoms with van der Waals surface area (Å²) in [6, 6.07) is 4.47. The summed E-state index contributed by atoms with van der Waals surface area (Å²) in [6.45, 7) is 3.64. The van der Waals surface area contributed by atoms with Crippen LogP contribution in [-0.2, 0) is 18.5 Å².